The number of hydrogen-bond acceptors (Lipinski definition) is 4. The molecule has 0 radical (unpaired) electrons. The molecule has 0 aromatic carbocycles. The second-order valence-electron chi connectivity index (χ2n) is 6.69. The van der Waals surface area contributed by atoms with E-state index in [0.717, 1.165) is 19.6 Å². The minimum absolute atomic E-state index is 0. The Morgan fingerprint density at radius 2 is 2.08 bits per heavy atom. The van der Waals surface area contributed by atoms with Crippen molar-refractivity contribution < 1.29 is 4.39 Å². The fraction of sp³-hybridized carbons (Fsp3) is 0.529. The highest BCUT2D eigenvalue weighted by Crippen LogP contribution is 2.36. The second kappa shape index (κ2) is 6.78. The van der Waals surface area contributed by atoms with Crippen LogP contribution in [-0.2, 0) is 6.54 Å². The van der Waals surface area contributed by atoms with Crippen LogP contribution in [0.5, 0.6) is 0 Å². The molecule has 1 aliphatic heterocycles. The number of pyridine rings is 1. The number of rotatable bonds is 2. The van der Waals surface area contributed by atoms with Crippen LogP contribution in [0.4, 0.5) is 4.39 Å². The first kappa shape index (κ1) is 17.3. The zero-order valence-corrected chi connectivity index (χ0v) is 14.3. The number of fused-ring (bicyclic) bond motifs is 1. The summed E-state index contributed by atoms with van der Waals surface area (Å²) in [4.78, 5) is 19.4. The van der Waals surface area contributed by atoms with Crippen LogP contribution >= 0.6 is 12.4 Å². The van der Waals surface area contributed by atoms with Crippen molar-refractivity contribution in [2.75, 3.05) is 19.6 Å². The van der Waals surface area contributed by atoms with Crippen LogP contribution < -0.4 is 10.9 Å². The van der Waals surface area contributed by atoms with Gasteiger partial charge in [0.15, 0.2) is 0 Å². The molecule has 0 bridgehead atoms. The summed E-state index contributed by atoms with van der Waals surface area (Å²) in [6.07, 6.45) is 7.72. The third-order valence-corrected chi connectivity index (χ3v) is 5.32. The van der Waals surface area contributed by atoms with Gasteiger partial charge in [0.2, 0.25) is 0 Å². The molecule has 5 nitrogen and oxygen atoms in total. The van der Waals surface area contributed by atoms with E-state index in [9.17, 15) is 9.18 Å². The molecule has 0 amide bonds. The van der Waals surface area contributed by atoms with Crippen molar-refractivity contribution in [2.45, 2.75) is 37.8 Å². The maximum absolute atomic E-state index is 13.4. The first-order valence-corrected chi connectivity index (χ1v) is 8.30. The van der Waals surface area contributed by atoms with Crippen LogP contribution in [0.2, 0.25) is 0 Å². The summed E-state index contributed by atoms with van der Waals surface area (Å²) >= 11 is 0. The van der Waals surface area contributed by atoms with Gasteiger partial charge < -0.3 is 5.32 Å². The monoisotopic (exact) mass is 352 g/mol. The van der Waals surface area contributed by atoms with E-state index in [0.29, 0.717) is 17.8 Å². The molecule has 1 aliphatic carbocycles. The lowest BCUT2D eigenvalue weighted by molar-refractivity contribution is 0.0567. The normalized spacial score (nSPS) is 20.4. The molecule has 0 atom stereocenters. The van der Waals surface area contributed by atoms with Gasteiger partial charge in [0.1, 0.15) is 11.5 Å². The molecule has 130 valence electrons. The van der Waals surface area contributed by atoms with E-state index in [1.54, 1.807) is 6.20 Å². The lowest BCUT2D eigenvalue weighted by Crippen LogP contribution is -2.59. The van der Waals surface area contributed by atoms with E-state index in [2.05, 4.69) is 15.2 Å². The van der Waals surface area contributed by atoms with Gasteiger partial charge in [-0.05, 0) is 25.0 Å². The average molecular weight is 353 g/mol. The number of nitrogens with one attached hydrogen (secondary N) is 1. The molecular weight excluding hydrogens is 331 g/mol. The highest BCUT2D eigenvalue weighted by molar-refractivity contribution is 5.85. The van der Waals surface area contributed by atoms with E-state index in [-0.39, 0.29) is 23.5 Å². The molecule has 1 saturated carbocycles. The average Bonchev–Trinajstić information content (AvgIpc) is 3.02. The summed E-state index contributed by atoms with van der Waals surface area (Å²) in [7, 11) is 0. The minimum Gasteiger partial charge on any atom is -0.314 e. The van der Waals surface area contributed by atoms with Gasteiger partial charge in [0.05, 0.1) is 5.56 Å². The molecule has 1 spiro atoms. The quantitative estimate of drug-likeness (QED) is 0.897. The molecule has 2 aromatic heterocycles. The summed E-state index contributed by atoms with van der Waals surface area (Å²) < 4.78 is 14.8. The lowest BCUT2D eigenvalue weighted by atomic mass is 9.92. The van der Waals surface area contributed by atoms with Gasteiger partial charge in [-0.1, -0.05) is 12.8 Å². The first-order chi connectivity index (χ1) is 11.2. The molecule has 1 N–H and O–H groups in total. The number of hydrogen-bond donors (Lipinski definition) is 1. The fourth-order valence-electron chi connectivity index (χ4n) is 4.06. The second-order valence-corrected chi connectivity index (χ2v) is 6.69. The topological polar surface area (TPSA) is 49.6 Å². The van der Waals surface area contributed by atoms with Crippen LogP contribution in [0.3, 0.4) is 0 Å². The van der Waals surface area contributed by atoms with Crippen molar-refractivity contribution >= 4 is 18.1 Å². The Morgan fingerprint density at radius 1 is 1.29 bits per heavy atom. The molecule has 24 heavy (non-hydrogen) atoms. The first-order valence-electron chi connectivity index (χ1n) is 8.30. The highest BCUT2D eigenvalue weighted by Gasteiger charge is 2.41. The largest absolute Gasteiger partial charge is 0.314 e. The smallest absolute Gasteiger partial charge is 0.262 e. The summed E-state index contributed by atoms with van der Waals surface area (Å²) in [6.45, 7) is 3.46. The molecule has 7 heteroatoms. The third kappa shape index (κ3) is 2.94. The molecular formula is C17H22ClFN4O. The molecule has 4 rings (SSSR count). The zero-order chi connectivity index (χ0) is 15.9. The number of nitrogens with zero attached hydrogens (tertiary/aromatic N) is 3. The van der Waals surface area contributed by atoms with Gasteiger partial charge in [-0.15, -0.1) is 12.4 Å². The highest BCUT2D eigenvalue weighted by atomic mass is 35.5. The SMILES string of the molecule is Cl.O=c1c(CN2CCNCC23CCCC3)cnc2ccc(F)cn12. The van der Waals surface area contributed by atoms with Crippen molar-refractivity contribution in [2.24, 2.45) is 0 Å². The minimum atomic E-state index is -0.423. The molecule has 2 fully saturated rings. The Hall–Kier alpha value is -1.50. The summed E-state index contributed by atoms with van der Waals surface area (Å²) in [5.41, 5.74) is 1.13. The van der Waals surface area contributed by atoms with Crippen LogP contribution in [0, 0.1) is 5.82 Å². The van der Waals surface area contributed by atoms with E-state index in [1.807, 2.05) is 0 Å². The zero-order valence-electron chi connectivity index (χ0n) is 13.5. The maximum Gasteiger partial charge on any atom is 0.262 e. The van der Waals surface area contributed by atoms with Crippen LogP contribution in [-0.4, -0.2) is 39.5 Å². The molecule has 2 aromatic rings. The maximum atomic E-state index is 13.4. The van der Waals surface area contributed by atoms with E-state index < -0.39 is 5.82 Å². The fourth-order valence-corrected chi connectivity index (χ4v) is 4.06. The summed E-state index contributed by atoms with van der Waals surface area (Å²) in [6, 6.07) is 2.86. The van der Waals surface area contributed by atoms with E-state index >= 15 is 0 Å². The Morgan fingerprint density at radius 3 is 2.88 bits per heavy atom. The summed E-state index contributed by atoms with van der Waals surface area (Å²) in [5, 5.41) is 3.49. The van der Waals surface area contributed by atoms with Gasteiger partial charge in [-0.3, -0.25) is 14.1 Å². The van der Waals surface area contributed by atoms with Gasteiger partial charge in [0, 0.05) is 44.1 Å². The predicted molar refractivity (Wildman–Crippen MR) is 93.1 cm³/mol. The Labute approximate surface area is 146 Å². The van der Waals surface area contributed by atoms with Crippen molar-refractivity contribution in [1.29, 1.82) is 0 Å². The molecule has 3 heterocycles. The van der Waals surface area contributed by atoms with E-state index in [4.69, 9.17) is 0 Å². The Kier molecular flexibility index (Phi) is 4.90. The number of aromatic nitrogens is 2. The number of piperazine rings is 1. The van der Waals surface area contributed by atoms with Crippen LogP contribution in [0.1, 0.15) is 31.2 Å². The van der Waals surface area contributed by atoms with Crippen molar-refractivity contribution in [1.82, 2.24) is 19.6 Å². The van der Waals surface area contributed by atoms with Crippen molar-refractivity contribution in [3.8, 4) is 0 Å². The molecule has 2 aliphatic rings. The summed E-state index contributed by atoms with van der Waals surface area (Å²) in [5.74, 6) is -0.423. The van der Waals surface area contributed by atoms with Gasteiger partial charge in [-0.25, -0.2) is 9.37 Å². The van der Waals surface area contributed by atoms with Crippen molar-refractivity contribution in [3.63, 3.8) is 0 Å². The van der Waals surface area contributed by atoms with Gasteiger partial charge in [0.25, 0.3) is 5.56 Å². The van der Waals surface area contributed by atoms with Gasteiger partial charge in [-0.2, -0.15) is 0 Å². The third-order valence-electron chi connectivity index (χ3n) is 5.32. The Balaban J connectivity index is 0.00000169. The van der Waals surface area contributed by atoms with Crippen LogP contribution in [0.25, 0.3) is 5.65 Å². The standard InChI is InChI=1S/C17H21FN4O.ClH/c18-14-3-4-15-20-9-13(16(23)22(15)11-14)10-21-8-7-19-12-17(21)5-1-2-6-17;/h3-4,9,11,19H,1-2,5-8,10,12H2;1H. The van der Waals surface area contributed by atoms with Crippen LogP contribution in [0.15, 0.2) is 29.3 Å². The Bertz CT molecular complexity index is 788. The van der Waals surface area contributed by atoms with E-state index in [1.165, 1.54) is 48.4 Å². The number of halogens is 2. The van der Waals surface area contributed by atoms with Crippen molar-refractivity contribution in [3.05, 3.63) is 46.3 Å². The predicted octanol–water partition coefficient (Wildman–Crippen LogP) is 1.97. The molecule has 1 saturated heterocycles. The molecule has 0 unspecified atom stereocenters. The lowest BCUT2D eigenvalue weighted by Gasteiger charge is -2.45. The van der Waals surface area contributed by atoms with Gasteiger partial charge >= 0.3 is 0 Å².